The molecule has 3 N–H and O–H groups in total. The monoisotopic (exact) mass is 454 g/mol. The molecule has 0 fully saturated rings. The predicted molar refractivity (Wildman–Crippen MR) is 116 cm³/mol. The molecule has 0 spiro atoms. The standard InChI is InChI=1S/C24H21F3N4O2/c25-18-4-1-15(2-5-18)7-8-28-11-17-12-29-23-13-30-22(10-20(17)23)24(32)31(33)14-16-3-6-19(26)9-21(16)27/h1-6,9-10,12-13,28-29,33H,7-8,11,14H2. The van der Waals surface area contributed by atoms with Crippen LogP contribution in [0.2, 0.25) is 0 Å². The second-order valence-electron chi connectivity index (χ2n) is 7.58. The van der Waals surface area contributed by atoms with Crippen molar-refractivity contribution in [2.24, 2.45) is 0 Å². The molecule has 4 aromatic rings. The number of amides is 1. The fourth-order valence-electron chi connectivity index (χ4n) is 3.46. The highest BCUT2D eigenvalue weighted by molar-refractivity contribution is 5.96. The molecule has 0 aliphatic heterocycles. The molecular formula is C24H21F3N4O2. The first-order valence-corrected chi connectivity index (χ1v) is 10.3. The number of carbonyl (C=O) groups is 1. The quantitative estimate of drug-likeness (QED) is 0.210. The van der Waals surface area contributed by atoms with Gasteiger partial charge in [0.2, 0.25) is 0 Å². The molecule has 0 aliphatic carbocycles. The number of H-pyrrole nitrogens is 1. The molecule has 170 valence electrons. The van der Waals surface area contributed by atoms with E-state index in [1.165, 1.54) is 24.4 Å². The lowest BCUT2D eigenvalue weighted by atomic mass is 10.1. The normalized spacial score (nSPS) is 11.2. The van der Waals surface area contributed by atoms with Crippen LogP contribution in [-0.2, 0) is 19.5 Å². The van der Waals surface area contributed by atoms with E-state index in [0.29, 0.717) is 24.2 Å². The first kappa shape index (κ1) is 22.5. The molecule has 33 heavy (non-hydrogen) atoms. The summed E-state index contributed by atoms with van der Waals surface area (Å²) in [6.07, 6.45) is 4.01. The van der Waals surface area contributed by atoms with Gasteiger partial charge in [-0.25, -0.2) is 23.2 Å². The van der Waals surface area contributed by atoms with Crippen molar-refractivity contribution in [2.75, 3.05) is 6.54 Å². The van der Waals surface area contributed by atoms with E-state index in [-0.39, 0.29) is 17.1 Å². The van der Waals surface area contributed by atoms with Crippen molar-refractivity contribution in [3.05, 3.63) is 101 Å². The van der Waals surface area contributed by atoms with Crippen LogP contribution in [0.4, 0.5) is 13.2 Å². The summed E-state index contributed by atoms with van der Waals surface area (Å²) in [6, 6.07) is 10.8. The maximum absolute atomic E-state index is 13.8. The van der Waals surface area contributed by atoms with Crippen LogP contribution < -0.4 is 5.32 Å². The summed E-state index contributed by atoms with van der Waals surface area (Å²) >= 11 is 0. The Kier molecular flexibility index (Phi) is 6.71. The maximum atomic E-state index is 13.8. The zero-order chi connectivity index (χ0) is 23.4. The summed E-state index contributed by atoms with van der Waals surface area (Å²) in [5.74, 6) is -2.68. The molecule has 0 radical (unpaired) electrons. The average Bonchev–Trinajstić information content (AvgIpc) is 3.21. The number of aromatic nitrogens is 2. The van der Waals surface area contributed by atoms with Gasteiger partial charge in [-0.05, 0) is 48.4 Å². The summed E-state index contributed by atoms with van der Waals surface area (Å²) < 4.78 is 39.9. The largest absolute Gasteiger partial charge is 0.360 e. The number of carbonyl (C=O) groups excluding carboxylic acids is 1. The van der Waals surface area contributed by atoms with Crippen molar-refractivity contribution >= 4 is 16.8 Å². The van der Waals surface area contributed by atoms with Crippen LogP contribution in [0.1, 0.15) is 27.2 Å². The third-order valence-electron chi connectivity index (χ3n) is 5.26. The van der Waals surface area contributed by atoms with Gasteiger partial charge < -0.3 is 10.3 Å². The van der Waals surface area contributed by atoms with Gasteiger partial charge in [-0.3, -0.25) is 10.0 Å². The minimum Gasteiger partial charge on any atom is -0.360 e. The number of fused-ring (bicyclic) bond motifs is 1. The Morgan fingerprint density at radius 1 is 1.03 bits per heavy atom. The van der Waals surface area contributed by atoms with Gasteiger partial charge in [0, 0.05) is 29.8 Å². The number of hydrogen-bond acceptors (Lipinski definition) is 4. The van der Waals surface area contributed by atoms with E-state index < -0.39 is 24.1 Å². The fourth-order valence-corrected chi connectivity index (χ4v) is 3.46. The number of benzene rings is 2. The smallest absolute Gasteiger partial charge is 0.296 e. The van der Waals surface area contributed by atoms with Crippen molar-refractivity contribution < 1.29 is 23.2 Å². The van der Waals surface area contributed by atoms with E-state index in [4.69, 9.17) is 0 Å². The molecule has 9 heteroatoms. The topological polar surface area (TPSA) is 81.2 Å². The third-order valence-corrected chi connectivity index (χ3v) is 5.26. The Bertz CT molecular complexity index is 1270. The molecule has 1 amide bonds. The Balaban J connectivity index is 1.41. The summed E-state index contributed by atoms with van der Waals surface area (Å²) in [6.45, 7) is 0.737. The molecule has 0 saturated carbocycles. The minimum absolute atomic E-state index is 0.0142. The Morgan fingerprint density at radius 3 is 2.55 bits per heavy atom. The van der Waals surface area contributed by atoms with Crippen LogP contribution >= 0.6 is 0 Å². The lowest BCUT2D eigenvalue weighted by Crippen LogP contribution is -2.28. The van der Waals surface area contributed by atoms with Gasteiger partial charge in [-0.1, -0.05) is 18.2 Å². The molecule has 0 unspecified atom stereocenters. The molecular weight excluding hydrogens is 433 g/mol. The van der Waals surface area contributed by atoms with Crippen LogP contribution in [0.5, 0.6) is 0 Å². The summed E-state index contributed by atoms with van der Waals surface area (Å²) in [7, 11) is 0. The lowest BCUT2D eigenvalue weighted by molar-refractivity contribution is -0.0657. The number of hydroxylamine groups is 2. The van der Waals surface area contributed by atoms with Crippen LogP contribution in [0.3, 0.4) is 0 Å². The van der Waals surface area contributed by atoms with Crippen molar-refractivity contribution in [1.29, 1.82) is 0 Å². The number of hydrogen-bond donors (Lipinski definition) is 3. The highest BCUT2D eigenvalue weighted by Crippen LogP contribution is 2.20. The van der Waals surface area contributed by atoms with Crippen LogP contribution in [0.25, 0.3) is 10.9 Å². The molecule has 0 saturated heterocycles. The lowest BCUT2D eigenvalue weighted by Gasteiger charge is -2.15. The molecule has 0 aliphatic rings. The second kappa shape index (κ2) is 9.85. The van der Waals surface area contributed by atoms with E-state index in [2.05, 4.69) is 15.3 Å². The third kappa shape index (κ3) is 5.39. The van der Waals surface area contributed by atoms with Gasteiger partial charge in [0.05, 0.1) is 18.3 Å². The van der Waals surface area contributed by atoms with Crippen molar-refractivity contribution in [3.63, 3.8) is 0 Å². The molecule has 0 atom stereocenters. The first-order valence-electron chi connectivity index (χ1n) is 10.3. The molecule has 0 bridgehead atoms. The zero-order valence-corrected chi connectivity index (χ0v) is 17.5. The number of pyridine rings is 1. The van der Waals surface area contributed by atoms with Gasteiger partial charge in [0.15, 0.2) is 0 Å². The Labute approximate surface area is 187 Å². The maximum Gasteiger partial charge on any atom is 0.296 e. The van der Waals surface area contributed by atoms with Crippen molar-refractivity contribution in [1.82, 2.24) is 20.3 Å². The summed E-state index contributed by atoms with van der Waals surface area (Å²) in [4.78, 5) is 19.8. The summed E-state index contributed by atoms with van der Waals surface area (Å²) in [5, 5.41) is 14.6. The van der Waals surface area contributed by atoms with Crippen molar-refractivity contribution in [2.45, 2.75) is 19.5 Å². The second-order valence-corrected chi connectivity index (χ2v) is 7.58. The number of halogens is 3. The number of nitrogens with one attached hydrogen (secondary N) is 2. The van der Waals surface area contributed by atoms with E-state index in [1.54, 1.807) is 24.4 Å². The molecule has 2 aromatic carbocycles. The minimum atomic E-state index is -0.857. The highest BCUT2D eigenvalue weighted by atomic mass is 19.1. The van der Waals surface area contributed by atoms with Gasteiger partial charge in [-0.15, -0.1) is 0 Å². The Morgan fingerprint density at radius 2 is 1.79 bits per heavy atom. The van der Waals surface area contributed by atoms with Crippen LogP contribution in [0.15, 0.2) is 60.9 Å². The molecule has 4 rings (SSSR count). The molecule has 2 heterocycles. The van der Waals surface area contributed by atoms with Crippen LogP contribution in [-0.4, -0.2) is 32.7 Å². The first-order chi connectivity index (χ1) is 15.9. The Hall–Kier alpha value is -3.69. The van der Waals surface area contributed by atoms with Gasteiger partial charge >= 0.3 is 0 Å². The number of aromatic amines is 1. The van der Waals surface area contributed by atoms with Gasteiger partial charge in [0.1, 0.15) is 23.1 Å². The molecule has 6 nitrogen and oxygen atoms in total. The van der Waals surface area contributed by atoms with Crippen molar-refractivity contribution in [3.8, 4) is 0 Å². The van der Waals surface area contributed by atoms with E-state index in [0.717, 1.165) is 34.5 Å². The number of nitrogens with zero attached hydrogens (tertiary/aromatic N) is 2. The van der Waals surface area contributed by atoms with E-state index in [9.17, 15) is 23.2 Å². The predicted octanol–water partition coefficient (Wildman–Crippen LogP) is 4.34. The number of rotatable bonds is 8. The highest BCUT2D eigenvalue weighted by Gasteiger charge is 2.19. The summed E-state index contributed by atoms with van der Waals surface area (Å²) in [5.41, 5.74) is 2.59. The zero-order valence-electron chi connectivity index (χ0n) is 17.5. The SMILES string of the molecule is O=C(c1cc2c(CNCCc3ccc(F)cc3)c[nH]c2cn1)N(O)Cc1ccc(F)cc1F. The van der Waals surface area contributed by atoms with E-state index >= 15 is 0 Å². The van der Waals surface area contributed by atoms with Gasteiger partial charge in [-0.2, -0.15) is 0 Å². The van der Waals surface area contributed by atoms with Crippen LogP contribution in [0, 0.1) is 17.5 Å². The fraction of sp³-hybridized carbons (Fsp3) is 0.167. The molecule has 2 aromatic heterocycles. The van der Waals surface area contributed by atoms with Gasteiger partial charge in [0.25, 0.3) is 5.91 Å². The average molecular weight is 454 g/mol. The van der Waals surface area contributed by atoms with E-state index in [1.807, 2.05) is 0 Å².